The van der Waals surface area contributed by atoms with Crippen LogP contribution in [0.1, 0.15) is 6.92 Å². The quantitative estimate of drug-likeness (QED) is 0.388. The van der Waals surface area contributed by atoms with E-state index in [-0.39, 0.29) is 6.61 Å². The van der Waals surface area contributed by atoms with Crippen LogP contribution < -0.4 is 11.2 Å². The fraction of sp³-hybridized carbons (Fsp3) is 1.00. The second-order valence-electron chi connectivity index (χ2n) is 1.90. The normalized spacial score (nSPS) is 19.3. The summed E-state index contributed by atoms with van der Waals surface area (Å²) in [5.74, 6) is 0. The Kier molecular flexibility index (Phi) is 4.83. The van der Waals surface area contributed by atoms with E-state index in [0.717, 1.165) is 0 Å². The van der Waals surface area contributed by atoms with Crippen molar-refractivity contribution in [2.75, 3.05) is 13.2 Å². The van der Waals surface area contributed by atoms with Crippen molar-refractivity contribution >= 4 is 7.75 Å². The lowest BCUT2D eigenvalue weighted by molar-refractivity contribution is -0.0681. The first-order valence-corrected chi connectivity index (χ1v) is 4.72. The molecule has 2 atom stereocenters. The standard InChI is InChI=1S/C4H13N2O4P/c1-4(9-3-2-5)10-11(6,7)8/h4H,2-3,5H2,1H3,(H3,6,7,8). The van der Waals surface area contributed by atoms with Gasteiger partial charge < -0.3 is 15.4 Å². The second kappa shape index (κ2) is 4.82. The maximum absolute atomic E-state index is 10.4. The van der Waals surface area contributed by atoms with E-state index in [1.807, 2.05) is 0 Å². The Morgan fingerprint density at radius 3 is 2.64 bits per heavy atom. The first-order valence-electron chi connectivity index (χ1n) is 3.07. The van der Waals surface area contributed by atoms with Crippen LogP contribution in [0.2, 0.25) is 0 Å². The molecule has 0 aliphatic heterocycles. The molecule has 0 spiro atoms. The van der Waals surface area contributed by atoms with E-state index in [1.54, 1.807) is 0 Å². The average molecular weight is 184 g/mol. The van der Waals surface area contributed by atoms with Gasteiger partial charge in [0.15, 0.2) is 6.29 Å². The molecule has 11 heavy (non-hydrogen) atoms. The zero-order valence-corrected chi connectivity index (χ0v) is 7.16. The second-order valence-corrected chi connectivity index (χ2v) is 3.24. The highest BCUT2D eigenvalue weighted by molar-refractivity contribution is 7.50. The van der Waals surface area contributed by atoms with E-state index in [9.17, 15) is 4.57 Å². The van der Waals surface area contributed by atoms with Gasteiger partial charge >= 0.3 is 7.75 Å². The van der Waals surface area contributed by atoms with Crippen LogP contribution in [-0.4, -0.2) is 24.3 Å². The van der Waals surface area contributed by atoms with Crippen molar-refractivity contribution in [1.82, 2.24) is 0 Å². The SMILES string of the molecule is CC(OCCN)OP(N)(=O)O. The van der Waals surface area contributed by atoms with Gasteiger partial charge in [0.1, 0.15) is 0 Å². The topological polar surface area (TPSA) is 108 Å². The molecule has 0 saturated carbocycles. The maximum atomic E-state index is 10.4. The highest BCUT2D eigenvalue weighted by Gasteiger charge is 2.16. The molecular formula is C4H13N2O4P. The zero-order valence-electron chi connectivity index (χ0n) is 6.27. The van der Waals surface area contributed by atoms with Gasteiger partial charge in [-0.05, 0) is 6.92 Å². The molecule has 7 heteroatoms. The van der Waals surface area contributed by atoms with Gasteiger partial charge in [0.2, 0.25) is 0 Å². The number of hydrogen-bond donors (Lipinski definition) is 3. The summed E-state index contributed by atoms with van der Waals surface area (Å²) in [4.78, 5) is 8.49. The van der Waals surface area contributed by atoms with Crippen LogP contribution in [0.25, 0.3) is 0 Å². The van der Waals surface area contributed by atoms with Gasteiger partial charge in [0.05, 0.1) is 6.61 Å². The molecule has 5 N–H and O–H groups in total. The molecule has 0 aliphatic carbocycles. The van der Waals surface area contributed by atoms with Crippen molar-refractivity contribution in [1.29, 1.82) is 0 Å². The zero-order chi connectivity index (χ0) is 8.91. The van der Waals surface area contributed by atoms with Crippen molar-refractivity contribution in [2.24, 2.45) is 11.2 Å². The summed E-state index contributed by atoms with van der Waals surface area (Å²) < 4.78 is 19.5. The Hall–Kier alpha value is 0.0300. The first-order chi connectivity index (χ1) is 4.95. The Bertz CT molecular complexity index is 147. The largest absolute Gasteiger partial charge is 0.402 e. The van der Waals surface area contributed by atoms with Crippen LogP contribution in [-0.2, 0) is 13.8 Å². The van der Waals surface area contributed by atoms with Crippen LogP contribution in [0, 0.1) is 0 Å². The predicted molar refractivity (Wildman–Crippen MR) is 39.6 cm³/mol. The third-order valence-electron chi connectivity index (χ3n) is 0.770. The maximum Gasteiger partial charge on any atom is 0.402 e. The number of hydrogen-bond acceptors (Lipinski definition) is 4. The number of rotatable bonds is 5. The molecule has 0 aromatic rings. The molecule has 0 amide bonds. The Morgan fingerprint density at radius 1 is 1.73 bits per heavy atom. The summed E-state index contributed by atoms with van der Waals surface area (Å²) in [5.41, 5.74) is 9.78. The van der Waals surface area contributed by atoms with Gasteiger partial charge in [-0.3, -0.25) is 4.52 Å². The summed E-state index contributed by atoms with van der Waals surface area (Å²) >= 11 is 0. The summed E-state index contributed by atoms with van der Waals surface area (Å²) in [7, 11) is -3.93. The molecule has 0 aromatic carbocycles. The molecule has 0 fully saturated rings. The van der Waals surface area contributed by atoms with Gasteiger partial charge in [-0.25, -0.2) is 10.1 Å². The Morgan fingerprint density at radius 2 is 2.27 bits per heavy atom. The minimum atomic E-state index is -3.93. The third kappa shape index (κ3) is 7.93. The first kappa shape index (κ1) is 11.0. The molecule has 2 unspecified atom stereocenters. The van der Waals surface area contributed by atoms with Gasteiger partial charge in [-0.1, -0.05) is 0 Å². The lowest BCUT2D eigenvalue weighted by Gasteiger charge is -2.14. The molecule has 0 saturated heterocycles. The van der Waals surface area contributed by atoms with Crippen LogP contribution in [0.4, 0.5) is 0 Å². The minimum absolute atomic E-state index is 0.265. The van der Waals surface area contributed by atoms with Crippen molar-refractivity contribution in [3.05, 3.63) is 0 Å². The number of nitrogens with two attached hydrogens (primary N) is 2. The fourth-order valence-electron chi connectivity index (χ4n) is 0.477. The minimum Gasteiger partial charge on any atom is -0.351 e. The number of ether oxygens (including phenoxy) is 1. The van der Waals surface area contributed by atoms with E-state index in [4.69, 9.17) is 15.4 Å². The molecular weight excluding hydrogens is 171 g/mol. The van der Waals surface area contributed by atoms with Gasteiger partial charge in [-0.15, -0.1) is 0 Å². The van der Waals surface area contributed by atoms with Crippen molar-refractivity contribution in [2.45, 2.75) is 13.2 Å². The molecule has 0 radical (unpaired) electrons. The van der Waals surface area contributed by atoms with E-state index in [0.29, 0.717) is 6.54 Å². The van der Waals surface area contributed by atoms with Gasteiger partial charge in [0, 0.05) is 6.54 Å². The highest BCUT2D eigenvalue weighted by atomic mass is 31.2. The van der Waals surface area contributed by atoms with E-state index < -0.39 is 14.0 Å². The fourth-order valence-corrected chi connectivity index (χ4v) is 0.963. The molecule has 0 aromatic heterocycles. The van der Waals surface area contributed by atoms with Crippen LogP contribution in [0.15, 0.2) is 0 Å². The average Bonchev–Trinajstić information content (AvgIpc) is 1.79. The van der Waals surface area contributed by atoms with Crippen molar-refractivity contribution in [3.63, 3.8) is 0 Å². The Labute approximate surface area is 65.1 Å². The van der Waals surface area contributed by atoms with Crippen LogP contribution in [0.3, 0.4) is 0 Å². The Balaban J connectivity index is 3.52. The summed E-state index contributed by atoms with van der Waals surface area (Å²) in [6.45, 7) is 2.06. The van der Waals surface area contributed by atoms with Gasteiger partial charge in [-0.2, -0.15) is 0 Å². The summed E-state index contributed by atoms with van der Waals surface area (Å²) in [6.07, 6.45) is -0.806. The van der Waals surface area contributed by atoms with Crippen molar-refractivity contribution < 1.29 is 18.7 Å². The monoisotopic (exact) mass is 184 g/mol. The van der Waals surface area contributed by atoms with E-state index in [2.05, 4.69) is 10.0 Å². The van der Waals surface area contributed by atoms with Crippen LogP contribution in [0.5, 0.6) is 0 Å². The lowest BCUT2D eigenvalue weighted by Crippen LogP contribution is -2.18. The highest BCUT2D eigenvalue weighted by Crippen LogP contribution is 2.33. The predicted octanol–water partition coefficient (Wildman–Crippen LogP) is -0.617. The molecule has 0 aliphatic rings. The van der Waals surface area contributed by atoms with E-state index in [1.165, 1.54) is 6.92 Å². The van der Waals surface area contributed by atoms with Gasteiger partial charge in [0.25, 0.3) is 0 Å². The third-order valence-corrected chi connectivity index (χ3v) is 1.37. The molecule has 68 valence electrons. The smallest absolute Gasteiger partial charge is 0.351 e. The van der Waals surface area contributed by atoms with E-state index >= 15 is 0 Å². The lowest BCUT2D eigenvalue weighted by atomic mass is 10.7. The van der Waals surface area contributed by atoms with Crippen LogP contribution >= 0.6 is 7.75 Å². The molecule has 0 rings (SSSR count). The molecule has 6 nitrogen and oxygen atoms in total. The molecule has 0 heterocycles. The summed E-state index contributed by atoms with van der Waals surface area (Å²) in [6, 6.07) is 0. The van der Waals surface area contributed by atoms with Crippen molar-refractivity contribution in [3.8, 4) is 0 Å². The summed E-state index contributed by atoms with van der Waals surface area (Å²) in [5, 5.41) is 0. The molecule has 0 bridgehead atoms.